The topological polar surface area (TPSA) is 67.6 Å². The Bertz CT molecular complexity index is 1030. The molecule has 3 rings (SSSR count). The van der Waals surface area contributed by atoms with Crippen molar-refractivity contribution in [3.8, 4) is 28.6 Å². The van der Waals surface area contributed by atoms with E-state index in [1.54, 1.807) is 33.5 Å². The van der Waals surface area contributed by atoms with Gasteiger partial charge in [-0.2, -0.15) is 8.78 Å². The molecule has 1 aromatic heterocycles. The molecule has 178 valence electrons. The SMILES string of the molecule is COCCCn1c(SC(C)c2ccc(OC(F)F)cc2)nnc1-c1ccc(OC)c(OC)c1. The average molecular weight is 480 g/mol. The predicted octanol–water partition coefficient (Wildman–Crippen LogP) is 5.45. The van der Waals surface area contributed by atoms with E-state index < -0.39 is 6.61 Å². The average Bonchev–Trinajstić information content (AvgIpc) is 3.21. The van der Waals surface area contributed by atoms with E-state index in [0.717, 1.165) is 22.7 Å². The Morgan fingerprint density at radius 2 is 1.70 bits per heavy atom. The Morgan fingerprint density at radius 1 is 0.970 bits per heavy atom. The highest BCUT2D eigenvalue weighted by Crippen LogP contribution is 2.37. The van der Waals surface area contributed by atoms with Gasteiger partial charge in [0.15, 0.2) is 22.5 Å². The van der Waals surface area contributed by atoms with Gasteiger partial charge >= 0.3 is 6.61 Å². The summed E-state index contributed by atoms with van der Waals surface area (Å²) in [6.45, 7) is 0.455. The van der Waals surface area contributed by atoms with Crippen LogP contribution >= 0.6 is 11.8 Å². The molecule has 2 aromatic carbocycles. The van der Waals surface area contributed by atoms with Crippen molar-refractivity contribution in [1.82, 2.24) is 14.8 Å². The molecule has 0 aliphatic rings. The van der Waals surface area contributed by atoms with E-state index in [2.05, 4.69) is 19.5 Å². The molecule has 1 heterocycles. The predicted molar refractivity (Wildman–Crippen MR) is 122 cm³/mol. The Kier molecular flexibility index (Phi) is 8.90. The third-order valence-electron chi connectivity index (χ3n) is 4.95. The molecule has 0 radical (unpaired) electrons. The lowest BCUT2D eigenvalue weighted by atomic mass is 10.2. The van der Waals surface area contributed by atoms with Crippen molar-refractivity contribution in [2.75, 3.05) is 27.9 Å². The monoisotopic (exact) mass is 479 g/mol. The fraction of sp³-hybridized carbons (Fsp3) is 0.391. The maximum atomic E-state index is 12.4. The van der Waals surface area contributed by atoms with Gasteiger partial charge in [-0.25, -0.2) is 0 Å². The van der Waals surface area contributed by atoms with Crippen LogP contribution in [0.15, 0.2) is 47.6 Å². The minimum absolute atomic E-state index is 0.00855. The number of thioether (sulfide) groups is 1. The third kappa shape index (κ3) is 6.35. The van der Waals surface area contributed by atoms with Gasteiger partial charge in [-0.05, 0) is 49.2 Å². The summed E-state index contributed by atoms with van der Waals surface area (Å²) in [4.78, 5) is 0. The van der Waals surface area contributed by atoms with E-state index in [4.69, 9.17) is 14.2 Å². The van der Waals surface area contributed by atoms with Crippen molar-refractivity contribution < 1.29 is 27.7 Å². The van der Waals surface area contributed by atoms with Crippen molar-refractivity contribution in [3.05, 3.63) is 48.0 Å². The Labute approximate surface area is 196 Å². The summed E-state index contributed by atoms with van der Waals surface area (Å²) in [5, 5.41) is 9.63. The van der Waals surface area contributed by atoms with Crippen LogP contribution in [0.1, 0.15) is 24.2 Å². The molecular weight excluding hydrogens is 452 g/mol. The number of hydrogen-bond donors (Lipinski definition) is 0. The second-order valence-corrected chi connectivity index (χ2v) is 8.39. The van der Waals surface area contributed by atoms with E-state index in [1.807, 2.05) is 25.1 Å². The molecule has 0 bridgehead atoms. The van der Waals surface area contributed by atoms with E-state index in [9.17, 15) is 8.78 Å². The first-order valence-corrected chi connectivity index (χ1v) is 11.2. The summed E-state index contributed by atoms with van der Waals surface area (Å²) in [6.07, 6.45) is 0.788. The summed E-state index contributed by atoms with van der Waals surface area (Å²) in [6, 6.07) is 12.2. The largest absolute Gasteiger partial charge is 0.493 e. The summed E-state index contributed by atoms with van der Waals surface area (Å²) in [7, 11) is 4.85. The van der Waals surface area contributed by atoms with Crippen molar-refractivity contribution in [2.24, 2.45) is 0 Å². The van der Waals surface area contributed by atoms with Crippen LogP contribution < -0.4 is 14.2 Å². The lowest BCUT2D eigenvalue weighted by Crippen LogP contribution is -2.06. The number of methoxy groups -OCH3 is 3. The smallest absolute Gasteiger partial charge is 0.387 e. The number of hydrogen-bond acceptors (Lipinski definition) is 7. The lowest BCUT2D eigenvalue weighted by Gasteiger charge is -2.15. The first kappa shape index (κ1) is 24.8. The van der Waals surface area contributed by atoms with Crippen molar-refractivity contribution in [3.63, 3.8) is 0 Å². The molecule has 10 heteroatoms. The van der Waals surface area contributed by atoms with Crippen LogP contribution in [0.25, 0.3) is 11.4 Å². The minimum atomic E-state index is -2.84. The van der Waals surface area contributed by atoms with E-state index >= 15 is 0 Å². The number of rotatable bonds is 12. The molecule has 0 aliphatic heterocycles. The minimum Gasteiger partial charge on any atom is -0.493 e. The van der Waals surface area contributed by atoms with Crippen LogP contribution in [0.5, 0.6) is 17.2 Å². The number of nitrogens with zero attached hydrogens (tertiary/aromatic N) is 3. The fourth-order valence-corrected chi connectivity index (χ4v) is 4.28. The summed E-state index contributed by atoms with van der Waals surface area (Å²) >= 11 is 1.54. The Hall–Kier alpha value is -2.85. The zero-order chi connectivity index (χ0) is 23.8. The number of aromatic nitrogens is 3. The Balaban J connectivity index is 1.86. The van der Waals surface area contributed by atoms with Crippen molar-refractivity contribution >= 4 is 11.8 Å². The second kappa shape index (κ2) is 11.9. The normalized spacial score (nSPS) is 12.1. The molecule has 0 saturated carbocycles. The molecule has 1 atom stereocenters. The second-order valence-electron chi connectivity index (χ2n) is 7.08. The summed E-state index contributed by atoms with van der Waals surface area (Å²) in [5.41, 5.74) is 1.81. The summed E-state index contributed by atoms with van der Waals surface area (Å²) < 4.78 is 47.3. The van der Waals surface area contributed by atoms with Crippen molar-refractivity contribution in [1.29, 1.82) is 0 Å². The highest BCUT2D eigenvalue weighted by Gasteiger charge is 2.19. The molecule has 0 saturated heterocycles. The van der Waals surface area contributed by atoms with Gasteiger partial charge in [-0.3, -0.25) is 0 Å². The number of benzene rings is 2. The third-order valence-corrected chi connectivity index (χ3v) is 6.08. The van der Waals surface area contributed by atoms with Gasteiger partial charge in [0.05, 0.1) is 14.2 Å². The van der Waals surface area contributed by atoms with Crippen LogP contribution in [0.3, 0.4) is 0 Å². The molecule has 0 amide bonds. The molecule has 7 nitrogen and oxygen atoms in total. The highest BCUT2D eigenvalue weighted by atomic mass is 32.2. The van der Waals surface area contributed by atoms with Crippen molar-refractivity contribution in [2.45, 2.75) is 36.9 Å². The van der Waals surface area contributed by atoms with E-state index in [-0.39, 0.29) is 11.0 Å². The number of halogens is 2. The van der Waals surface area contributed by atoms with Gasteiger partial charge in [-0.1, -0.05) is 23.9 Å². The molecule has 0 N–H and O–H groups in total. The van der Waals surface area contributed by atoms with Crippen LogP contribution in [0, 0.1) is 0 Å². The quantitative estimate of drug-likeness (QED) is 0.253. The van der Waals surface area contributed by atoms with Crippen LogP contribution in [0.4, 0.5) is 8.78 Å². The molecule has 3 aromatic rings. The molecular formula is C23H27F2N3O4S. The molecule has 0 fully saturated rings. The molecule has 0 spiro atoms. The van der Waals surface area contributed by atoms with Gasteiger partial charge in [0.1, 0.15) is 5.75 Å². The van der Waals surface area contributed by atoms with Crippen LogP contribution in [-0.2, 0) is 11.3 Å². The van der Waals surface area contributed by atoms with Crippen LogP contribution in [-0.4, -0.2) is 49.3 Å². The van der Waals surface area contributed by atoms with E-state index in [0.29, 0.717) is 30.5 Å². The first-order valence-electron chi connectivity index (χ1n) is 10.3. The molecule has 0 aliphatic carbocycles. The Morgan fingerprint density at radius 3 is 2.33 bits per heavy atom. The van der Waals surface area contributed by atoms with Gasteiger partial charge in [0.25, 0.3) is 0 Å². The van der Waals surface area contributed by atoms with Gasteiger partial charge in [0, 0.05) is 31.1 Å². The number of alkyl halides is 2. The van der Waals surface area contributed by atoms with Gasteiger partial charge in [-0.15, -0.1) is 10.2 Å². The lowest BCUT2D eigenvalue weighted by molar-refractivity contribution is -0.0498. The number of ether oxygens (including phenoxy) is 4. The van der Waals surface area contributed by atoms with Gasteiger partial charge in [0.2, 0.25) is 0 Å². The molecule has 33 heavy (non-hydrogen) atoms. The summed E-state index contributed by atoms with van der Waals surface area (Å²) in [5.74, 6) is 2.08. The van der Waals surface area contributed by atoms with Gasteiger partial charge < -0.3 is 23.5 Å². The maximum Gasteiger partial charge on any atom is 0.387 e. The molecule has 1 unspecified atom stereocenters. The fourth-order valence-electron chi connectivity index (χ4n) is 3.28. The first-order chi connectivity index (χ1) is 16.0. The standard InChI is InChI=1S/C23H27F2N3O4S/c1-15(16-6-9-18(10-7-16)32-22(24)25)33-23-27-26-21(28(23)12-5-13-29-2)17-8-11-19(30-3)20(14-17)31-4/h6-11,14-15,22H,5,12-13H2,1-4H3. The van der Waals surface area contributed by atoms with E-state index in [1.165, 1.54) is 23.9 Å². The zero-order valence-electron chi connectivity index (χ0n) is 19.0. The maximum absolute atomic E-state index is 12.4. The van der Waals surface area contributed by atoms with Crippen LogP contribution in [0.2, 0.25) is 0 Å². The zero-order valence-corrected chi connectivity index (χ0v) is 19.8. The highest BCUT2D eigenvalue weighted by molar-refractivity contribution is 7.99.